The van der Waals surface area contributed by atoms with Gasteiger partial charge in [0.2, 0.25) is 0 Å². The van der Waals surface area contributed by atoms with Crippen molar-refractivity contribution in [3.63, 3.8) is 0 Å². The molecule has 4 rings (SSSR count). The van der Waals surface area contributed by atoms with Gasteiger partial charge in [0.25, 0.3) is 5.91 Å². The number of hydrogen-bond acceptors (Lipinski definition) is 4. The van der Waals surface area contributed by atoms with Crippen LogP contribution in [0.25, 0.3) is 16.7 Å². The molecule has 31 heavy (non-hydrogen) atoms. The van der Waals surface area contributed by atoms with Gasteiger partial charge in [-0.25, -0.2) is 14.8 Å². The van der Waals surface area contributed by atoms with Gasteiger partial charge in [0, 0.05) is 24.7 Å². The fourth-order valence-corrected chi connectivity index (χ4v) is 4.28. The zero-order valence-electron chi connectivity index (χ0n) is 17.0. The fraction of sp³-hybridized carbons (Fsp3) is 0.333. The van der Waals surface area contributed by atoms with E-state index in [0.717, 1.165) is 36.0 Å². The fourth-order valence-electron chi connectivity index (χ4n) is 3.75. The van der Waals surface area contributed by atoms with Crippen molar-refractivity contribution in [1.29, 1.82) is 0 Å². The van der Waals surface area contributed by atoms with Crippen molar-refractivity contribution in [2.75, 3.05) is 18.4 Å². The summed E-state index contributed by atoms with van der Waals surface area (Å²) in [6, 6.07) is 3.63. The third-order valence-corrected chi connectivity index (χ3v) is 5.90. The van der Waals surface area contributed by atoms with E-state index < -0.39 is 6.09 Å². The summed E-state index contributed by atoms with van der Waals surface area (Å²) in [6.45, 7) is 5.66. The summed E-state index contributed by atoms with van der Waals surface area (Å²) in [4.78, 5) is 34.1. The second-order valence-corrected chi connectivity index (χ2v) is 8.65. The molecule has 10 heteroatoms. The van der Waals surface area contributed by atoms with Crippen LogP contribution in [0, 0.1) is 5.92 Å². The van der Waals surface area contributed by atoms with Crippen molar-refractivity contribution in [2.24, 2.45) is 5.92 Å². The van der Waals surface area contributed by atoms with Crippen LogP contribution >= 0.6 is 23.2 Å². The first kappa shape index (κ1) is 21.4. The van der Waals surface area contributed by atoms with Crippen LogP contribution in [0.1, 0.15) is 36.2 Å². The second-order valence-electron chi connectivity index (χ2n) is 7.86. The first-order valence-corrected chi connectivity index (χ1v) is 10.7. The number of amides is 2. The SMILES string of the molecule is CC(C)Cc1c(C(=O)N2CCC2)c(Cl)cc2c1ccn2-c1ncnc(NC(=O)O)c1Cl. The van der Waals surface area contributed by atoms with Crippen LogP contribution in [0.15, 0.2) is 24.7 Å². The smallest absolute Gasteiger partial charge is 0.410 e. The number of benzene rings is 1. The van der Waals surface area contributed by atoms with Gasteiger partial charge in [-0.05, 0) is 36.5 Å². The Morgan fingerprint density at radius 1 is 1.26 bits per heavy atom. The number of halogens is 2. The Balaban J connectivity index is 1.90. The molecule has 1 aliphatic heterocycles. The number of aromatic nitrogens is 3. The maximum Gasteiger partial charge on any atom is 0.410 e. The zero-order valence-corrected chi connectivity index (χ0v) is 18.5. The van der Waals surface area contributed by atoms with Crippen LogP contribution in [0.4, 0.5) is 10.6 Å². The summed E-state index contributed by atoms with van der Waals surface area (Å²) < 4.78 is 1.72. The summed E-state index contributed by atoms with van der Waals surface area (Å²) in [6.07, 6.45) is 3.41. The predicted octanol–water partition coefficient (Wildman–Crippen LogP) is 4.86. The number of anilines is 1. The topological polar surface area (TPSA) is 100 Å². The van der Waals surface area contributed by atoms with Crippen LogP contribution in [-0.4, -0.2) is 49.6 Å². The van der Waals surface area contributed by atoms with Gasteiger partial charge in [-0.3, -0.25) is 14.7 Å². The number of rotatable bonds is 5. The van der Waals surface area contributed by atoms with E-state index in [1.165, 1.54) is 6.33 Å². The van der Waals surface area contributed by atoms with E-state index in [4.69, 9.17) is 28.3 Å². The molecular weight excluding hydrogens is 441 g/mol. The summed E-state index contributed by atoms with van der Waals surface area (Å²) in [7, 11) is 0. The van der Waals surface area contributed by atoms with Crippen LogP contribution in [0.2, 0.25) is 10.0 Å². The standard InChI is InChI=1S/C21H21Cl2N5O3/c1-11(2)8-13-12-4-7-28(19-17(23)18(24-10-25-19)26-21(30)31)15(12)9-14(22)16(13)20(29)27-5-3-6-27/h4,7,9-11H,3,5-6,8H2,1-2H3,(H,30,31)(H,24,25,26). The van der Waals surface area contributed by atoms with Gasteiger partial charge in [0.15, 0.2) is 11.6 Å². The molecule has 1 aromatic carbocycles. The molecule has 162 valence electrons. The molecule has 1 saturated heterocycles. The average Bonchev–Trinajstić information content (AvgIpc) is 3.04. The molecule has 0 aliphatic carbocycles. The predicted molar refractivity (Wildman–Crippen MR) is 120 cm³/mol. The monoisotopic (exact) mass is 461 g/mol. The van der Waals surface area contributed by atoms with Gasteiger partial charge in [0.05, 0.1) is 16.1 Å². The molecule has 0 radical (unpaired) electrons. The lowest BCUT2D eigenvalue weighted by atomic mass is 9.93. The Hall–Kier alpha value is -2.84. The number of carbonyl (C=O) groups excluding carboxylic acids is 1. The third kappa shape index (κ3) is 3.93. The summed E-state index contributed by atoms with van der Waals surface area (Å²) in [5.41, 5.74) is 2.16. The Morgan fingerprint density at radius 2 is 2.00 bits per heavy atom. The molecular formula is C21H21Cl2N5O3. The molecule has 2 aromatic heterocycles. The maximum absolute atomic E-state index is 13.1. The largest absolute Gasteiger partial charge is 0.465 e. The van der Waals surface area contributed by atoms with Gasteiger partial charge < -0.3 is 10.0 Å². The zero-order chi connectivity index (χ0) is 22.3. The lowest BCUT2D eigenvalue weighted by molar-refractivity contribution is 0.0651. The van der Waals surface area contributed by atoms with E-state index >= 15 is 0 Å². The average molecular weight is 462 g/mol. The number of carboxylic acid groups (broad SMARTS) is 1. The van der Waals surface area contributed by atoms with Crippen molar-refractivity contribution in [1.82, 2.24) is 19.4 Å². The minimum Gasteiger partial charge on any atom is -0.465 e. The number of likely N-dealkylation sites (tertiary alicyclic amines) is 1. The van der Waals surface area contributed by atoms with Crippen molar-refractivity contribution < 1.29 is 14.7 Å². The number of hydrogen-bond donors (Lipinski definition) is 2. The Labute approximate surface area is 188 Å². The van der Waals surface area contributed by atoms with E-state index in [1.807, 2.05) is 6.07 Å². The molecule has 0 bridgehead atoms. The molecule has 8 nitrogen and oxygen atoms in total. The number of carbonyl (C=O) groups is 2. The number of fused-ring (bicyclic) bond motifs is 1. The summed E-state index contributed by atoms with van der Waals surface area (Å²) in [5, 5.41) is 12.5. The lowest BCUT2D eigenvalue weighted by Gasteiger charge is -2.32. The van der Waals surface area contributed by atoms with E-state index in [2.05, 4.69) is 29.1 Å². The quantitative estimate of drug-likeness (QED) is 0.564. The highest BCUT2D eigenvalue weighted by Gasteiger charge is 2.28. The molecule has 0 saturated carbocycles. The van der Waals surface area contributed by atoms with Gasteiger partial charge in [-0.15, -0.1) is 0 Å². The summed E-state index contributed by atoms with van der Waals surface area (Å²) >= 11 is 13.0. The minimum atomic E-state index is -1.28. The van der Waals surface area contributed by atoms with Crippen molar-refractivity contribution >= 4 is 51.9 Å². The van der Waals surface area contributed by atoms with Crippen LogP contribution in [-0.2, 0) is 6.42 Å². The van der Waals surface area contributed by atoms with Crippen LogP contribution in [0.5, 0.6) is 0 Å². The highest BCUT2D eigenvalue weighted by molar-refractivity contribution is 6.36. The van der Waals surface area contributed by atoms with Gasteiger partial charge in [0.1, 0.15) is 11.3 Å². The highest BCUT2D eigenvalue weighted by atomic mass is 35.5. The van der Waals surface area contributed by atoms with Gasteiger partial charge >= 0.3 is 6.09 Å². The first-order valence-electron chi connectivity index (χ1n) is 9.90. The van der Waals surface area contributed by atoms with E-state index in [1.54, 1.807) is 21.7 Å². The summed E-state index contributed by atoms with van der Waals surface area (Å²) in [5.74, 6) is 0.555. The Morgan fingerprint density at radius 3 is 2.61 bits per heavy atom. The molecule has 3 aromatic rings. The molecule has 2 amide bonds. The highest BCUT2D eigenvalue weighted by Crippen LogP contribution is 2.36. The molecule has 3 heterocycles. The van der Waals surface area contributed by atoms with Gasteiger partial charge in [-0.1, -0.05) is 37.0 Å². The van der Waals surface area contributed by atoms with E-state index in [-0.39, 0.29) is 16.7 Å². The van der Waals surface area contributed by atoms with Crippen molar-refractivity contribution in [3.8, 4) is 5.82 Å². The number of nitrogens with one attached hydrogen (secondary N) is 1. The Kier molecular flexibility index (Phi) is 5.77. The van der Waals surface area contributed by atoms with Crippen LogP contribution < -0.4 is 5.32 Å². The second kappa shape index (κ2) is 8.36. The van der Waals surface area contributed by atoms with Crippen LogP contribution in [0.3, 0.4) is 0 Å². The Bertz CT molecular complexity index is 1190. The van der Waals surface area contributed by atoms with Crippen molar-refractivity contribution in [3.05, 3.63) is 45.8 Å². The molecule has 1 fully saturated rings. The van der Waals surface area contributed by atoms with Gasteiger partial charge in [-0.2, -0.15) is 0 Å². The van der Waals surface area contributed by atoms with E-state index in [0.29, 0.717) is 28.7 Å². The molecule has 2 N–H and O–H groups in total. The number of nitrogens with zero attached hydrogens (tertiary/aromatic N) is 4. The van der Waals surface area contributed by atoms with E-state index in [9.17, 15) is 9.59 Å². The lowest BCUT2D eigenvalue weighted by Crippen LogP contribution is -2.42. The molecule has 0 spiro atoms. The molecule has 0 atom stereocenters. The normalized spacial score (nSPS) is 13.5. The third-order valence-electron chi connectivity index (χ3n) is 5.25. The minimum absolute atomic E-state index is 0.0147. The molecule has 0 unspecified atom stereocenters. The van der Waals surface area contributed by atoms with Crippen molar-refractivity contribution in [2.45, 2.75) is 26.7 Å². The molecule has 1 aliphatic rings. The first-order chi connectivity index (χ1) is 14.8. The maximum atomic E-state index is 13.1.